The maximum Gasteiger partial charge on any atom is 0.258 e. The zero-order valence-corrected chi connectivity index (χ0v) is 16.5. The number of amides is 1. The first-order valence-electron chi connectivity index (χ1n) is 8.19. The van der Waals surface area contributed by atoms with Gasteiger partial charge in [-0.05, 0) is 30.3 Å². The summed E-state index contributed by atoms with van der Waals surface area (Å²) in [5.41, 5.74) is 1.09. The van der Waals surface area contributed by atoms with E-state index in [9.17, 15) is 4.79 Å². The Morgan fingerprint density at radius 3 is 2.62 bits per heavy atom. The van der Waals surface area contributed by atoms with Crippen molar-refractivity contribution in [2.75, 3.05) is 34.4 Å². The van der Waals surface area contributed by atoms with Crippen molar-refractivity contribution in [1.29, 1.82) is 0 Å². The van der Waals surface area contributed by atoms with E-state index in [0.717, 1.165) is 11.3 Å². The first kappa shape index (κ1) is 20.4. The number of ether oxygens (including phenoxy) is 2. The van der Waals surface area contributed by atoms with Crippen molar-refractivity contribution >= 4 is 29.1 Å². The average molecular weight is 398 g/mol. The highest BCUT2D eigenvalue weighted by atomic mass is 35.5. The van der Waals surface area contributed by atoms with Crippen LogP contribution in [-0.4, -0.2) is 40.3 Å². The molecule has 0 fully saturated rings. The van der Waals surface area contributed by atoms with Crippen LogP contribution in [0, 0.1) is 0 Å². The van der Waals surface area contributed by atoms with Crippen LogP contribution in [0.3, 0.4) is 0 Å². The Kier molecular flexibility index (Phi) is 7.57. The lowest BCUT2D eigenvalue weighted by atomic mass is 10.1. The molecule has 1 amide bonds. The number of methoxy groups -OCH3 is 1. The number of carbonyl (C=O) groups excluding carboxylic acids is 1. The molecule has 0 aliphatic rings. The Bertz CT molecular complexity index is 753. The summed E-state index contributed by atoms with van der Waals surface area (Å²) in [4.78, 5) is 13.3. The van der Waals surface area contributed by atoms with Gasteiger partial charge in [0.25, 0.3) is 5.91 Å². The van der Waals surface area contributed by atoms with Crippen molar-refractivity contribution in [2.45, 2.75) is 6.04 Å². The molecule has 7 heteroatoms. The van der Waals surface area contributed by atoms with Gasteiger partial charge in [0, 0.05) is 10.6 Å². The molecule has 2 aromatic carbocycles. The Morgan fingerprint density at radius 1 is 1.19 bits per heavy atom. The second kappa shape index (κ2) is 9.67. The number of halogens is 2. The molecule has 0 saturated heterocycles. The quantitative estimate of drug-likeness (QED) is 0.718. The fourth-order valence-electron chi connectivity index (χ4n) is 2.52. The lowest BCUT2D eigenvalue weighted by Crippen LogP contribution is -3.07. The molecule has 0 aliphatic heterocycles. The Labute approximate surface area is 163 Å². The third-order valence-corrected chi connectivity index (χ3v) is 4.48. The highest BCUT2D eigenvalue weighted by molar-refractivity contribution is 6.35. The molecule has 26 heavy (non-hydrogen) atoms. The van der Waals surface area contributed by atoms with Gasteiger partial charge in [-0.25, -0.2) is 0 Å². The van der Waals surface area contributed by atoms with Crippen LogP contribution >= 0.6 is 23.2 Å². The molecule has 0 aromatic heterocycles. The molecular weight excluding hydrogens is 375 g/mol. The van der Waals surface area contributed by atoms with Crippen molar-refractivity contribution < 1.29 is 19.2 Å². The molecule has 0 radical (unpaired) electrons. The summed E-state index contributed by atoms with van der Waals surface area (Å²) in [5, 5.41) is 3.79. The molecule has 1 atom stereocenters. The smallest absolute Gasteiger partial charge is 0.258 e. The molecule has 140 valence electrons. The Morgan fingerprint density at radius 2 is 1.96 bits per heavy atom. The monoisotopic (exact) mass is 397 g/mol. The fourth-order valence-corrected chi connectivity index (χ4v) is 2.98. The van der Waals surface area contributed by atoms with E-state index in [1.165, 1.54) is 4.90 Å². The highest BCUT2D eigenvalue weighted by Gasteiger charge is 2.19. The van der Waals surface area contributed by atoms with Gasteiger partial charge in [0.05, 0.1) is 32.8 Å². The standard InChI is InChI=1S/C19H22Cl2N2O3/c1-23(2)17(13-5-4-6-15(9-13)25-3)11-22-19(24)12-26-18-8-7-14(20)10-16(18)21/h4-10,17H,11-12H2,1-3H3,(H,22,24)/p+1/t17-/m0/s1. The molecule has 2 N–H and O–H groups in total. The van der Waals surface area contributed by atoms with E-state index in [0.29, 0.717) is 22.3 Å². The van der Waals surface area contributed by atoms with Crippen molar-refractivity contribution in [2.24, 2.45) is 0 Å². The van der Waals surface area contributed by atoms with Gasteiger partial charge < -0.3 is 19.7 Å². The average Bonchev–Trinajstić information content (AvgIpc) is 2.61. The zero-order chi connectivity index (χ0) is 19.1. The third kappa shape index (κ3) is 5.80. The van der Waals surface area contributed by atoms with Gasteiger partial charge in [-0.3, -0.25) is 4.79 Å². The predicted molar refractivity (Wildman–Crippen MR) is 104 cm³/mol. The summed E-state index contributed by atoms with van der Waals surface area (Å²) in [6, 6.07) is 12.8. The SMILES string of the molecule is COc1cccc([C@H](CNC(=O)COc2ccc(Cl)cc2Cl)[NH+](C)C)c1. The first-order chi connectivity index (χ1) is 12.4. The largest absolute Gasteiger partial charge is 0.497 e. The van der Waals surface area contributed by atoms with E-state index in [2.05, 4.69) is 5.32 Å². The summed E-state index contributed by atoms with van der Waals surface area (Å²) in [6.45, 7) is 0.362. The second-order valence-corrected chi connectivity index (χ2v) is 6.92. The van der Waals surface area contributed by atoms with Gasteiger partial charge in [-0.15, -0.1) is 0 Å². The van der Waals surface area contributed by atoms with E-state index in [4.69, 9.17) is 32.7 Å². The number of quaternary nitrogens is 1. The van der Waals surface area contributed by atoms with Crippen molar-refractivity contribution in [3.8, 4) is 11.5 Å². The maximum atomic E-state index is 12.1. The summed E-state index contributed by atoms with van der Waals surface area (Å²) in [6.07, 6.45) is 0. The number of nitrogens with one attached hydrogen (secondary N) is 2. The van der Waals surface area contributed by atoms with Crippen LogP contribution < -0.4 is 19.7 Å². The van der Waals surface area contributed by atoms with Crippen LogP contribution in [0.4, 0.5) is 0 Å². The lowest BCUT2D eigenvalue weighted by molar-refractivity contribution is -0.890. The second-order valence-electron chi connectivity index (χ2n) is 6.07. The minimum absolute atomic E-state index is 0.0909. The minimum Gasteiger partial charge on any atom is -0.497 e. The molecular formula is C19H23Cl2N2O3+. The first-order valence-corrected chi connectivity index (χ1v) is 8.95. The van der Waals surface area contributed by atoms with E-state index < -0.39 is 0 Å². The van der Waals surface area contributed by atoms with Gasteiger partial charge in [0.2, 0.25) is 0 Å². The summed E-state index contributed by atoms with van der Waals surface area (Å²) in [7, 11) is 5.72. The van der Waals surface area contributed by atoms with Crippen molar-refractivity contribution in [1.82, 2.24) is 5.32 Å². The molecule has 5 nitrogen and oxygen atoms in total. The van der Waals surface area contributed by atoms with E-state index in [1.807, 2.05) is 38.4 Å². The van der Waals surface area contributed by atoms with Gasteiger partial charge in [-0.2, -0.15) is 0 Å². The van der Waals surface area contributed by atoms with Gasteiger partial charge >= 0.3 is 0 Å². The third-order valence-electron chi connectivity index (χ3n) is 3.95. The summed E-state index contributed by atoms with van der Waals surface area (Å²) < 4.78 is 10.7. The Hall–Kier alpha value is -1.95. The van der Waals surface area contributed by atoms with Gasteiger partial charge in [0.1, 0.15) is 17.5 Å². The number of carbonyl (C=O) groups is 1. The summed E-state index contributed by atoms with van der Waals surface area (Å²) in [5.74, 6) is 1.000. The molecule has 2 aromatic rings. The van der Waals surface area contributed by atoms with Crippen molar-refractivity contribution in [3.05, 3.63) is 58.1 Å². The van der Waals surface area contributed by atoms with E-state index in [1.54, 1.807) is 25.3 Å². The molecule has 0 bridgehead atoms. The van der Waals surface area contributed by atoms with Crippen LogP contribution in [0.25, 0.3) is 0 Å². The molecule has 0 spiro atoms. The number of benzene rings is 2. The van der Waals surface area contributed by atoms with Crippen LogP contribution in [0.2, 0.25) is 10.0 Å². The number of hydrogen-bond acceptors (Lipinski definition) is 3. The normalized spacial score (nSPS) is 11.9. The fraction of sp³-hybridized carbons (Fsp3) is 0.316. The Balaban J connectivity index is 1.92. The molecule has 0 unspecified atom stereocenters. The van der Waals surface area contributed by atoms with E-state index >= 15 is 0 Å². The minimum atomic E-state index is -0.217. The number of hydrogen-bond donors (Lipinski definition) is 2. The van der Waals surface area contributed by atoms with Crippen LogP contribution in [-0.2, 0) is 4.79 Å². The molecule has 0 aliphatic carbocycles. The van der Waals surface area contributed by atoms with Gasteiger partial charge in [-0.1, -0.05) is 35.3 Å². The zero-order valence-electron chi connectivity index (χ0n) is 15.0. The number of likely N-dealkylation sites (N-methyl/N-ethyl adjacent to an activating group) is 1. The maximum absolute atomic E-state index is 12.1. The number of rotatable bonds is 8. The lowest BCUT2D eigenvalue weighted by Gasteiger charge is -2.22. The van der Waals surface area contributed by atoms with Crippen LogP contribution in [0.1, 0.15) is 11.6 Å². The predicted octanol–water partition coefficient (Wildman–Crippen LogP) is 2.38. The van der Waals surface area contributed by atoms with Crippen LogP contribution in [0.5, 0.6) is 11.5 Å². The topological polar surface area (TPSA) is 52.0 Å². The van der Waals surface area contributed by atoms with Crippen molar-refractivity contribution in [3.63, 3.8) is 0 Å². The van der Waals surface area contributed by atoms with Crippen LogP contribution in [0.15, 0.2) is 42.5 Å². The van der Waals surface area contributed by atoms with Gasteiger partial charge in [0.15, 0.2) is 6.61 Å². The molecule has 0 saturated carbocycles. The molecule has 2 rings (SSSR count). The molecule has 0 heterocycles. The summed E-state index contributed by atoms with van der Waals surface area (Å²) >= 11 is 11.9. The van der Waals surface area contributed by atoms with E-state index in [-0.39, 0.29) is 18.6 Å². The highest BCUT2D eigenvalue weighted by Crippen LogP contribution is 2.27.